The van der Waals surface area contributed by atoms with Gasteiger partial charge in [-0.2, -0.15) is 0 Å². The first-order valence-corrected chi connectivity index (χ1v) is 10.1. The molecule has 0 heterocycles. The Hall–Kier alpha value is -1.19. The fourth-order valence-corrected chi connectivity index (χ4v) is 2.89. The summed E-state index contributed by atoms with van der Waals surface area (Å²) >= 11 is 0. The predicted octanol–water partition coefficient (Wildman–Crippen LogP) is 0.613. The Kier molecular flexibility index (Phi) is 10.3. The number of amides is 1. The number of aliphatic hydroxyl groups is 2. The van der Waals surface area contributed by atoms with Gasteiger partial charge in [0.25, 0.3) is 5.91 Å². The van der Waals surface area contributed by atoms with Crippen LogP contribution in [0.3, 0.4) is 0 Å². The Labute approximate surface area is 161 Å². The maximum absolute atomic E-state index is 11.9. The fourth-order valence-electron chi connectivity index (χ4n) is 2.26. The van der Waals surface area contributed by atoms with Crippen LogP contribution in [0, 0.1) is 5.92 Å². The second-order valence-corrected chi connectivity index (χ2v) is 8.74. The third-order valence-electron chi connectivity index (χ3n) is 3.82. The average molecular weight is 409 g/mol. The number of nitrogens with two attached hydrogens (primary N) is 1. The van der Waals surface area contributed by atoms with Crippen molar-refractivity contribution in [2.75, 3.05) is 6.26 Å². The zero-order chi connectivity index (χ0) is 19.2. The molecule has 0 saturated heterocycles. The van der Waals surface area contributed by atoms with E-state index in [1.165, 1.54) is 12.1 Å². The summed E-state index contributed by atoms with van der Waals surface area (Å²) in [7, 11) is -3.28. The van der Waals surface area contributed by atoms with E-state index in [9.17, 15) is 23.4 Å². The molecule has 7 nitrogen and oxygen atoms in total. The number of carbonyl (C=O) groups is 1. The number of nitrogens with one attached hydrogen (secondary N) is 1. The summed E-state index contributed by atoms with van der Waals surface area (Å²) in [6, 6.07) is 5.23. The van der Waals surface area contributed by atoms with Gasteiger partial charge < -0.3 is 21.3 Å². The van der Waals surface area contributed by atoms with Crippen LogP contribution < -0.4 is 11.1 Å². The summed E-state index contributed by atoms with van der Waals surface area (Å²) in [6.07, 6.45) is -0.0315. The summed E-state index contributed by atoms with van der Waals surface area (Å²) in [5, 5.41) is 22.1. The van der Waals surface area contributed by atoms with E-state index in [1.807, 2.05) is 13.8 Å². The molecule has 5 N–H and O–H groups in total. The van der Waals surface area contributed by atoms with Crippen molar-refractivity contribution in [2.24, 2.45) is 11.7 Å². The quantitative estimate of drug-likeness (QED) is 0.443. The number of benzene rings is 1. The number of halogens is 1. The molecule has 1 unspecified atom stereocenters. The van der Waals surface area contributed by atoms with Gasteiger partial charge in [0.2, 0.25) is 0 Å². The molecule has 3 atom stereocenters. The second kappa shape index (κ2) is 10.8. The summed E-state index contributed by atoms with van der Waals surface area (Å²) in [5.41, 5.74) is 6.56. The maximum Gasteiger partial charge on any atom is 0.252 e. The van der Waals surface area contributed by atoms with Crippen molar-refractivity contribution >= 4 is 28.2 Å². The van der Waals surface area contributed by atoms with E-state index < -0.39 is 34.1 Å². The third-order valence-corrected chi connectivity index (χ3v) is 4.95. The highest BCUT2D eigenvalue weighted by molar-refractivity contribution is 7.90. The summed E-state index contributed by atoms with van der Waals surface area (Å²) in [5.74, 6) is -0.329. The fraction of sp³-hybridized carbons (Fsp3) is 0.588. The van der Waals surface area contributed by atoms with Crippen LogP contribution in [0.2, 0.25) is 0 Å². The van der Waals surface area contributed by atoms with E-state index >= 15 is 0 Å². The van der Waals surface area contributed by atoms with Gasteiger partial charge in [0.15, 0.2) is 9.84 Å². The highest BCUT2D eigenvalue weighted by Crippen LogP contribution is 2.12. The largest absolute Gasteiger partial charge is 0.382 e. The van der Waals surface area contributed by atoms with Gasteiger partial charge in [-0.3, -0.25) is 4.79 Å². The Morgan fingerprint density at radius 1 is 1.15 bits per heavy atom. The first kappa shape index (κ1) is 24.8. The lowest BCUT2D eigenvalue weighted by Gasteiger charge is -2.21. The van der Waals surface area contributed by atoms with Gasteiger partial charge in [0, 0.05) is 12.3 Å². The van der Waals surface area contributed by atoms with Gasteiger partial charge >= 0.3 is 0 Å². The van der Waals surface area contributed by atoms with Gasteiger partial charge in [-0.15, -0.1) is 12.4 Å². The van der Waals surface area contributed by atoms with Crippen molar-refractivity contribution in [3.8, 4) is 0 Å². The van der Waals surface area contributed by atoms with Crippen LogP contribution in [0.25, 0.3) is 0 Å². The van der Waals surface area contributed by atoms with Crippen LogP contribution in [0.1, 0.15) is 32.3 Å². The molecule has 1 aromatic rings. The number of hydrogen-bond donors (Lipinski definition) is 4. The number of hydrogen-bond acceptors (Lipinski definition) is 6. The minimum absolute atomic E-state index is 0. The van der Waals surface area contributed by atoms with Crippen LogP contribution >= 0.6 is 12.4 Å². The predicted molar refractivity (Wildman–Crippen MR) is 103 cm³/mol. The second-order valence-electron chi connectivity index (χ2n) is 6.72. The number of carbonyl (C=O) groups excluding carboxylic acids is 1. The van der Waals surface area contributed by atoms with E-state index in [1.54, 1.807) is 12.1 Å². The molecular weight excluding hydrogens is 380 g/mol. The minimum Gasteiger partial charge on any atom is -0.382 e. The molecule has 1 amide bonds. The van der Waals surface area contributed by atoms with Gasteiger partial charge in [-0.25, -0.2) is 8.42 Å². The number of rotatable bonds is 9. The molecule has 0 saturated carbocycles. The normalized spacial score (nSPS) is 15.0. The lowest BCUT2D eigenvalue weighted by molar-refractivity contribution is -0.133. The molecular formula is C17H29ClN2O5S. The summed E-state index contributed by atoms with van der Waals surface area (Å²) in [6.45, 7) is 4.02. The minimum atomic E-state index is -3.28. The molecule has 9 heteroatoms. The number of sulfone groups is 1. The van der Waals surface area contributed by atoms with E-state index in [0.29, 0.717) is 17.9 Å². The highest BCUT2D eigenvalue weighted by atomic mass is 35.5. The molecule has 0 bridgehead atoms. The highest BCUT2D eigenvalue weighted by Gasteiger charge is 2.24. The Bertz CT molecular complexity index is 664. The number of aliphatic hydroxyl groups excluding tert-OH is 2. The van der Waals surface area contributed by atoms with E-state index in [0.717, 1.165) is 12.7 Å². The van der Waals surface area contributed by atoms with Crippen molar-refractivity contribution in [3.63, 3.8) is 0 Å². The summed E-state index contributed by atoms with van der Waals surface area (Å²) in [4.78, 5) is 12.1. The van der Waals surface area contributed by atoms with Crippen molar-refractivity contribution in [2.45, 2.75) is 56.4 Å². The van der Waals surface area contributed by atoms with Crippen LogP contribution in [0.5, 0.6) is 0 Å². The monoisotopic (exact) mass is 408 g/mol. The zero-order valence-electron chi connectivity index (χ0n) is 15.3. The molecule has 0 radical (unpaired) electrons. The smallest absolute Gasteiger partial charge is 0.252 e. The van der Waals surface area contributed by atoms with Crippen molar-refractivity contribution in [3.05, 3.63) is 29.8 Å². The van der Waals surface area contributed by atoms with Crippen LogP contribution in [-0.2, 0) is 21.1 Å². The molecule has 0 fully saturated rings. The molecule has 0 aliphatic heterocycles. The Morgan fingerprint density at radius 3 is 2.15 bits per heavy atom. The third kappa shape index (κ3) is 8.46. The molecule has 1 rings (SSSR count). The molecule has 0 aliphatic rings. The van der Waals surface area contributed by atoms with Crippen LogP contribution in [0.15, 0.2) is 29.2 Å². The molecule has 0 aromatic heterocycles. The van der Waals surface area contributed by atoms with Gasteiger partial charge in [0.1, 0.15) is 12.3 Å². The van der Waals surface area contributed by atoms with Crippen molar-refractivity contribution in [1.29, 1.82) is 0 Å². The summed E-state index contributed by atoms with van der Waals surface area (Å²) < 4.78 is 22.8. The molecule has 26 heavy (non-hydrogen) atoms. The van der Waals surface area contributed by atoms with Gasteiger partial charge in [0.05, 0.1) is 4.90 Å². The van der Waals surface area contributed by atoms with E-state index in [4.69, 9.17) is 5.73 Å². The maximum atomic E-state index is 11.9. The Morgan fingerprint density at radius 2 is 1.69 bits per heavy atom. The standard InChI is InChI=1S/C17H28N2O5S.ClH/c1-11(2)4-9-15(20)19-17(22)16(21)14(18)10-12-5-7-13(8-6-12)25(3,23)24;/h5-8,11,14-16,20-21H,4,9-10,18H2,1-3H3,(H,19,22);1H/t14-,15?,16+;/m1./s1. The van der Waals surface area contributed by atoms with Crippen LogP contribution in [-0.4, -0.2) is 49.2 Å². The van der Waals surface area contributed by atoms with Crippen molar-refractivity contribution in [1.82, 2.24) is 5.32 Å². The van der Waals surface area contributed by atoms with Gasteiger partial charge in [-0.1, -0.05) is 26.0 Å². The molecule has 150 valence electrons. The molecule has 0 aliphatic carbocycles. The van der Waals surface area contributed by atoms with E-state index in [-0.39, 0.29) is 23.7 Å². The first-order valence-electron chi connectivity index (χ1n) is 8.21. The lowest BCUT2D eigenvalue weighted by atomic mass is 10.0. The first-order chi connectivity index (χ1) is 11.5. The average Bonchev–Trinajstić information content (AvgIpc) is 2.51. The lowest BCUT2D eigenvalue weighted by Crippen LogP contribution is -2.50. The Balaban J connectivity index is 0.00000625. The molecule has 1 aromatic carbocycles. The topological polar surface area (TPSA) is 130 Å². The zero-order valence-corrected chi connectivity index (χ0v) is 16.9. The van der Waals surface area contributed by atoms with Gasteiger partial charge in [-0.05, 0) is 42.9 Å². The SMILES string of the molecule is CC(C)CCC(O)NC(=O)[C@@H](O)[C@H](N)Cc1ccc(S(C)(=O)=O)cc1.Cl. The molecule has 0 spiro atoms. The van der Waals surface area contributed by atoms with Crippen LogP contribution in [0.4, 0.5) is 0 Å². The van der Waals surface area contributed by atoms with E-state index in [2.05, 4.69) is 5.32 Å². The van der Waals surface area contributed by atoms with Crippen molar-refractivity contribution < 1.29 is 23.4 Å².